The van der Waals surface area contributed by atoms with Crippen LogP contribution in [-0.4, -0.2) is 28.0 Å². The highest BCUT2D eigenvalue weighted by atomic mass is 16.4. The second-order valence-electron chi connectivity index (χ2n) is 7.98. The first-order valence-corrected chi connectivity index (χ1v) is 9.21. The number of carbonyl (C=O) groups excluding carboxylic acids is 1. The van der Waals surface area contributed by atoms with Gasteiger partial charge in [-0.15, -0.1) is 0 Å². The van der Waals surface area contributed by atoms with Crippen molar-refractivity contribution in [2.45, 2.75) is 31.7 Å². The highest BCUT2D eigenvalue weighted by Gasteiger charge is 2.67. The Hall–Kier alpha value is -2.30. The van der Waals surface area contributed by atoms with Gasteiger partial charge < -0.3 is 15.4 Å². The van der Waals surface area contributed by atoms with E-state index in [4.69, 9.17) is 0 Å². The van der Waals surface area contributed by atoms with E-state index in [1.165, 1.54) is 19.3 Å². The van der Waals surface area contributed by atoms with Crippen molar-refractivity contribution in [1.82, 2.24) is 10.3 Å². The van der Waals surface area contributed by atoms with E-state index in [2.05, 4.69) is 10.3 Å². The van der Waals surface area contributed by atoms with E-state index >= 15 is 0 Å². The SMILES string of the molecule is O=C(O)C(Cc1c[nH]c2ccccc12)NC(=O)C1C2C3CCC(C3)C12. The number of carbonyl (C=O) groups is 2. The Morgan fingerprint density at radius 1 is 1.20 bits per heavy atom. The van der Waals surface area contributed by atoms with Gasteiger partial charge in [0.25, 0.3) is 0 Å². The molecule has 3 aliphatic rings. The number of rotatable bonds is 5. The van der Waals surface area contributed by atoms with Crippen molar-refractivity contribution in [1.29, 1.82) is 0 Å². The highest BCUT2D eigenvalue weighted by Crippen LogP contribution is 2.69. The van der Waals surface area contributed by atoms with Crippen molar-refractivity contribution in [2.75, 3.05) is 0 Å². The van der Waals surface area contributed by atoms with Crippen LogP contribution < -0.4 is 5.32 Å². The molecule has 2 aromatic rings. The summed E-state index contributed by atoms with van der Waals surface area (Å²) in [7, 11) is 0. The molecular weight excluding hydrogens is 316 g/mol. The van der Waals surface area contributed by atoms with Crippen LogP contribution in [0.1, 0.15) is 24.8 Å². The average Bonchev–Trinajstić information content (AvgIpc) is 2.92. The van der Waals surface area contributed by atoms with Crippen molar-refractivity contribution in [3.63, 3.8) is 0 Å². The summed E-state index contributed by atoms with van der Waals surface area (Å²) in [4.78, 5) is 27.5. The van der Waals surface area contributed by atoms with Gasteiger partial charge in [0.05, 0.1) is 0 Å². The van der Waals surface area contributed by atoms with Gasteiger partial charge in [0.2, 0.25) is 5.91 Å². The molecular formula is C20H22N2O3. The van der Waals surface area contributed by atoms with E-state index < -0.39 is 12.0 Å². The minimum atomic E-state index is -0.965. The largest absolute Gasteiger partial charge is 0.480 e. The average molecular weight is 338 g/mol. The summed E-state index contributed by atoms with van der Waals surface area (Å²) in [5.41, 5.74) is 1.92. The molecule has 3 aliphatic carbocycles. The Kier molecular flexibility index (Phi) is 3.21. The quantitative estimate of drug-likeness (QED) is 0.784. The number of aliphatic carboxylic acids is 1. The first kappa shape index (κ1) is 15.0. The third-order valence-corrected chi connectivity index (χ3v) is 6.75. The van der Waals surface area contributed by atoms with Gasteiger partial charge in [0, 0.05) is 29.4 Å². The Balaban J connectivity index is 1.31. The predicted molar refractivity (Wildman–Crippen MR) is 92.9 cm³/mol. The first-order chi connectivity index (χ1) is 12.1. The predicted octanol–water partition coefficient (Wildman–Crippen LogP) is 2.57. The second-order valence-corrected chi connectivity index (χ2v) is 7.98. The molecule has 5 nitrogen and oxygen atoms in total. The maximum Gasteiger partial charge on any atom is 0.326 e. The molecule has 1 amide bonds. The third kappa shape index (κ3) is 2.29. The molecule has 1 heterocycles. The zero-order chi connectivity index (χ0) is 17.1. The Labute approximate surface area is 145 Å². The second kappa shape index (κ2) is 5.35. The van der Waals surface area contributed by atoms with Crippen molar-refractivity contribution in [3.8, 4) is 0 Å². The van der Waals surface area contributed by atoms with E-state index in [-0.39, 0.29) is 11.8 Å². The van der Waals surface area contributed by atoms with E-state index in [1.54, 1.807) is 0 Å². The molecule has 5 rings (SSSR count). The summed E-state index contributed by atoms with van der Waals surface area (Å²) < 4.78 is 0. The Morgan fingerprint density at radius 2 is 1.92 bits per heavy atom. The van der Waals surface area contributed by atoms with E-state index in [0.717, 1.165) is 16.5 Å². The number of aromatic nitrogens is 1. The zero-order valence-corrected chi connectivity index (χ0v) is 13.9. The smallest absolute Gasteiger partial charge is 0.326 e. The number of amides is 1. The highest BCUT2D eigenvalue weighted by molar-refractivity contribution is 5.89. The summed E-state index contributed by atoms with van der Waals surface area (Å²) in [5, 5.41) is 13.4. The van der Waals surface area contributed by atoms with Crippen LogP contribution in [0.15, 0.2) is 30.5 Å². The van der Waals surface area contributed by atoms with Gasteiger partial charge in [0.15, 0.2) is 0 Å². The number of H-pyrrole nitrogens is 1. The van der Waals surface area contributed by atoms with Crippen molar-refractivity contribution in [3.05, 3.63) is 36.0 Å². The van der Waals surface area contributed by atoms with E-state index in [0.29, 0.717) is 30.1 Å². The number of hydrogen-bond donors (Lipinski definition) is 3. The molecule has 1 aromatic heterocycles. The van der Waals surface area contributed by atoms with Crippen LogP contribution in [0.5, 0.6) is 0 Å². The lowest BCUT2D eigenvalue weighted by Gasteiger charge is -2.16. The molecule has 3 saturated carbocycles. The molecule has 5 unspecified atom stereocenters. The first-order valence-electron chi connectivity index (χ1n) is 9.21. The molecule has 3 N–H and O–H groups in total. The van der Waals surface area contributed by atoms with Crippen LogP contribution in [0.2, 0.25) is 0 Å². The Morgan fingerprint density at radius 3 is 2.64 bits per heavy atom. The van der Waals surface area contributed by atoms with Gasteiger partial charge >= 0.3 is 5.97 Å². The van der Waals surface area contributed by atoms with Crippen LogP contribution >= 0.6 is 0 Å². The fourth-order valence-electron chi connectivity index (χ4n) is 5.66. The normalized spacial score (nSPS) is 33.2. The summed E-state index contributed by atoms with van der Waals surface area (Å²) in [6.07, 6.45) is 5.95. The van der Waals surface area contributed by atoms with E-state index in [1.807, 2.05) is 30.5 Å². The molecule has 1 aromatic carbocycles. The molecule has 5 atom stereocenters. The molecule has 25 heavy (non-hydrogen) atoms. The van der Waals surface area contributed by atoms with Gasteiger partial charge in [-0.05, 0) is 54.6 Å². The lowest BCUT2D eigenvalue weighted by atomic mass is 10.0. The number of carboxylic acid groups (broad SMARTS) is 1. The summed E-state index contributed by atoms with van der Waals surface area (Å²) in [6.45, 7) is 0. The fourth-order valence-corrected chi connectivity index (χ4v) is 5.66. The minimum absolute atomic E-state index is 0.0427. The molecule has 0 spiro atoms. The van der Waals surface area contributed by atoms with Gasteiger partial charge in [-0.2, -0.15) is 0 Å². The Bertz CT molecular complexity index is 841. The van der Waals surface area contributed by atoms with Crippen molar-refractivity contribution < 1.29 is 14.7 Å². The van der Waals surface area contributed by atoms with Gasteiger partial charge in [-0.1, -0.05) is 18.2 Å². The number of hydrogen-bond acceptors (Lipinski definition) is 2. The third-order valence-electron chi connectivity index (χ3n) is 6.75. The van der Waals surface area contributed by atoms with E-state index in [9.17, 15) is 14.7 Å². The minimum Gasteiger partial charge on any atom is -0.480 e. The maximum atomic E-state index is 12.7. The maximum absolute atomic E-state index is 12.7. The number of benzene rings is 1. The number of fused-ring (bicyclic) bond motifs is 6. The number of carboxylic acids is 1. The standard InChI is InChI=1S/C20H22N2O3/c23-19(18-16-10-5-6-11(7-10)17(16)18)22-15(20(24)25)8-12-9-21-14-4-2-1-3-13(12)14/h1-4,9-11,15-18,21H,5-8H2,(H,22,23)(H,24,25). The van der Waals surface area contributed by atoms with Crippen LogP contribution in [0, 0.1) is 29.6 Å². The molecule has 0 saturated heterocycles. The molecule has 0 aliphatic heterocycles. The summed E-state index contributed by atoms with van der Waals surface area (Å²) in [5.74, 6) is 1.54. The van der Waals surface area contributed by atoms with Crippen LogP contribution in [-0.2, 0) is 16.0 Å². The fraction of sp³-hybridized carbons (Fsp3) is 0.500. The molecule has 3 fully saturated rings. The van der Waals surface area contributed by atoms with Gasteiger partial charge in [0.1, 0.15) is 6.04 Å². The zero-order valence-electron chi connectivity index (χ0n) is 13.9. The van der Waals surface area contributed by atoms with Crippen LogP contribution in [0.25, 0.3) is 10.9 Å². The number of para-hydroxylation sites is 1. The molecule has 130 valence electrons. The van der Waals surface area contributed by atoms with Crippen molar-refractivity contribution >= 4 is 22.8 Å². The topological polar surface area (TPSA) is 82.2 Å². The lowest BCUT2D eigenvalue weighted by molar-refractivity contribution is -0.142. The van der Waals surface area contributed by atoms with Crippen LogP contribution in [0.3, 0.4) is 0 Å². The number of aromatic amines is 1. The monoisotopic (exact) mass is 338 g/mol. The molecule has 0 radical (unpaired) electrons. The summed E-state index contributed by atoms with van der Waals surface area (Å²) >= 11 is 0. The summed E-state index contributed by atoms with van der Waals surface area (Å²) in [6, 6.07) is 6.96. The molecule has 5 heteroatoms. The van der Waals surface area contributed by atoms with Gasteiger partial charge in [-0.25, -0.2) is 4.79 Å². The van der Waals surface area contributed by atoms with Crippen LogP contribution in [0.4, 0.5) is 0 Å². The lowest BCUT2D eigenvalue weighted by Crippen LogP contribution is -2.43. The van der Waals surface area contributed by atoms with Crippen molar-refractivity contribution in [2.24, 2.45) is 29.6 Å². The number of nitrogens with one attached hydrogen (secondary N) is 2. The van der Waals surface area contributed by atoms with Gasteiger partial charge in [-0.3, -0.25) is 4.79 Å². The molecule has 2 bridgehead atoms.